The SMILES string of the molecule is O=C(O)c1cc2c(F)c(Cl)c(Br)cc2[nH]1. The number of hydrogen-bond acceptors (Lipinski definition) is 1. The van der Waals surface area contributed by atoms with E-state index in [0.29, 0.717) is 9.99 Å². The number of halogens is 3. The van der Waals surface area contributed by atoms with E-state index in [1.54, 1.807) is 0 Å². The summed E-state index contributed by atoms with van der Waals surface area (Å²) in [5.41, 5.74) is 0.319. The number of benzene rings is 1. The van der Waals surface area contributed by atoms with Crippen LogP contribution in [0.2, 0.25) is 5.02 Å². The summed E-state index contributed by atoms with van der Waals surface area (Å²) < 4.78 is 13.9. The third-order valence-electron chi connectivity index (χ3n) is 1.99. The van der Waals surface area contributed by atoms with Crippen molar-refractivity contribution >= 4 is 44.4 Å². The Bertz CT molecular complexity index is 567. The van der Waals surface area contributed by atoms with Gasteiger partial charge in [-0.05, 0) is 28.1 Å². The maximum atomic E-state index is 13.6. The second-order valence-corrected chi connectivity index (χ2v) is 4.17. The van der Waals surface area contributed by atoms with Gasteiger partial charge in [-0.2, -0.15) is 0 Å². The fraction of sp³-hybridized carbons (Fsp3) is 0. The van der Waals surface area contributed by atoms with E-state index in [-0.39, 0.29) is 16.1 Å². The molecule has 0 spiro atoms. The summed E-state index contributed by atoms with van der Waals surface area (Å²) in [6.07, 6.45) is 0. The summed E-state index contributed by atoms with van der Waals surface area (Å²) in [7, 11) is 0. The van der Waals surface area contributed by atoms with Crippen molar-refractivity contribution in [1.29, 1.82) is 0 Å². The molecule has 2 aromatic rings. The Labute approximate surface area is 97.0 Å². The number of carbonyl (C=O) groups is 1. The van der Waals surface area contributed by atoms with Crippen molar-refractivity contribution in [2.45, 2.75) is 0 Å². The Kier molecular flexibility index (Phi) is 2.44. The molecule has 15 heavy (non-hydrogen) atoms. The predicted molar refractivity (Wildman–Crippen MR) is 57.9 cm³/mol. The first-order chi connectivity index (χ1) is 7.00. The average molecular weight is 292 g/mol. The lowest BCUT2D eigenvalue weighted by atomic mass is 10.2. The van der Waals surface area contributed by atoms with Gasteiger partial charge in [-0.25, -0.2) is 9.18 Å². The number of nitrogens with one attached hydrogen (secondary N) is 1. The molecule has 0 fully saturated rings. The van der Waals surface area contributed by atoms with Crippen LogP contribution >= 0.6 is 27.5 Å². The van der Waals surface area contributed by atoms with Crippen molar-refractivity contribution in [3.05, 3.63) is 33.1 Å². The maximum Gasteiger partial charge on any atom is 0.352 e. The molecule has 78 valence electrons. The van der Waals surface area contributed by atoms with Crippen molar-refractivity contribution < 1.29 is 14.3 Å². The Morgan fingerprint density at radius 1 is 1.53 bits per heavy atom. The Hall–Kier alpha value is -1.07. The molecule has 2 N–H and O–H groups in total. The molecule has 0 saturated heterocycles. The number of carboxylic acid groups (broad SMARTS) is 1. The van der Waals surface area contributed by atoms with E-state index in [1.807, 2.05) is 0 Å². The number of carboxylic acids is 1. The number of hydrogen-bond donors (Lipinski definition) is 2. The molecular formula is C9H4BrClFNO2. The lowest BCUT2D eigenvalue weighted by Crippen LogP contribution is -1.94. The highest BCUT2D eigenvalue weighted by molar-refractivity contribution is 9.10. The first-order valence-corrected chi connectivity index (χ1v) is 5.07. The fourth-order valence-corrected chi connectivity index (χ4v) is 1.85. The molecule has 0 saturated carbocycles. The van der Waals surface area contributed by atoms with Gasteiger partial charge in [0, 0.05) is 9.86 Å². The van der Waals surface area contributed by atoms with E-state index in [9.17, 15) is 9.18 Å². The van der Waals surface area contributed by atoms with Gasteiger partial charge in [0.15, 0.2) is 5.82 Å². The summed E-state index contributed by atoms with van der Waals surface area (Å²) >= 11 is 8.74. The van der Waals surface area contributed by atoms with E-state index < -0.39 is 11.8 Å². The van der Waals surface area contributed by atoms with Crippen LogP contribution in [0.5, 0.6) is 0 Å². The number of fused-ring (bicyclic) bond motifs is 1. The highest BCUT2D eigenvalue weighted by Crippen LogP contribution is 2.32. The van der Waals surface area contributed by atoms with E-state index >= 15 is 0 Å². The van der Waals surface area contributed by atoms with Crippen molar-refractivity contribution in [3.8, 4) is 0 Å². The summed E-state index contributed by atoms with van der Waals surface area (Å²) in [6, 6.07) is 2.75. The normalized spacial score (nSPS) is 10.9. The summed E-state index contributed by atoms with van der Waals surface area (Å²) in [5, 5.41) is 8.83. The standard InChI is InChI=1S/C9H4BrClFNO2/c10-4-2-5-3(8(12)7(4)11)1-6(13-5)9(14)15/h1-2,13H,(H,14,15). The molecule has 1 aromatic heterocycles. The molecule has 1 aromatic carbocycles. The van der Waals surface area contributed by atoms with Gasteiger partial charge < -0.3 is 10.1 Å². The van der Waals surface area contributed by atoms with Gasteiger partial charge in [0.25, 0.3) is 0 Å². The second kappa shape index (κ2) is 3.50. The number of rotatable bonds is 1. The molecule has 2 rings (SSSR count). The lowest BCUT2D eigenvalue weighted by Gasteiger charge is -1.98. The molecule has 0 radical (unpaired) electrons. The predicted octanol–water partition coefficient (Wildman–Crippen LogP) is 3.42. The number of aromatic amines is 1. The number of aromatic carboxylic acids is 1. The van der Waals surface area contributed by atoms with E-state index in [4.69, 9.17) is 16.7 Å². The summed E-state index contributed by atoms with van der Waals surface area (Å²) in [5.74, 6) is -1.78. The highest BCUT2D eigenvalue weighted by Gasteiger charge is 2.15. The van der Waals surface area contributed by atoms with Gasteiger partial charge in [0.05, 0.1) is 10.5 Å². The molecular weight excluding hydrogens is 288 g/mol. The van der Waals surface area contributed by atoms with E-state index in [2.05, 4.69) is 20.9 Å². The Morgan fingerprint density at radius 3 is 2.80 bits per heavy atom. The maximum absolute atomic E-state index is 13.6. The molecule has 3 nitrogen and oxygen atoms in total. The van der Waals surface area contributed by atoms with Crippen molar-refractivity contribution in [3.63, 3.8) is 0 Å². The quantitative estimate of drug-likeness (QED) is 0.791. The van der Waals surface area contributed by atoms with Crippen LogP contribution in [-0.4, -0.2) is 16.1 Å². The molecule has 6 heteroatoms. The lowest BCUT2D eigenvalue weighted by molar-refractivity contribution is 0.0691. The van der Waals surface area contributed by atoms with Crippen LogP contribution in [0.1, 0.15) is 10.5 Å². The first kappa shape index (κ1) is 10.4. The largest absolute Gasteiger partial charge is 0.477 e. The van der Waals surface area contributed by atoms with Crippen LogP contribution in [0.3, 0.4) is 0 Å². The minimum Gasteiger partial charge on any atom is -0.477 e. The smallest absolute Gasteiger partial charge is 0.352 e. The fourth-order valence-electron chi connectivity index (χ4n) is 1.29. The van der Waals surface area contributed by atoms with Gasteiger partial charge in [-0.15, -0.1) is 0 Å². The molecule has 0 aliphatic carbocycles. The van der Waals surface area contributed by atoms with Gasteiger partial charge in [0.2, 0.25) is 0 Å². The molecule has 0 atom stereocenters. The van der Waals surface area contributed by atoms with Crippen LogP contribution in [0.15, 0.2) is 16.6 Å². The van der Waals surface area contributed by atoms with Crippen molar-refractivity contribution in [1.82, 2.24) is 4.98 Å². The molecule has 1 heterocycles. The third-order valence-corrected chi connectivity index (χ3v) is 3.21. The zero-order chi connectivity index (χ0) is 11.2. The average Bonchev–Trinajstić information content (AvgIpc) is 2.58. The molecule has 0 unspecified atom stereocenters. The van der Waals surface area contributed by atoms with Gasteiger partial charge in [-0.3, -0.25) is 0 Å². The minimum atomic E-state index is -1.14. The molecule has 0 aliphatic heterocycles. The van der Waals surface area contributed by atoms with E-state index in [0.717, 1.165) is 0 Å². The number of aromatic nitrogens is 1. The highest BCUT2D eigenvalue weighted by atomic mass is 79.9. The van der Waals surface area contributed by atoms with Gasteiger partial charge >= 0.3 is 5.97 Å². The van der Waals surface area contributed by atoms with Crippen LogP contribution in [0.25, 0.3) is 10.9 Å². The van der Waals surface area contributed by atoms with Crippen LogP contribution in [0, 0.1) is 5.82 Å². The monoisotopic (exact) mass is 291 g/mol. The Morgan fingerprint density at radius 2 is 2.20 bits per heavy atom. The van der Waals surface area contributed by atoms with Crippen LogP contribution in [0.4, 0.5) is 4.39 Å². The zero-order valence-electron chi connectivity index (χ0n) is 7.14. The second-order valence-electron chi connectivity index (χ2n) is 2.94. The van der Waals surface area contributed by atoms with Crippen molar-refractivity contribution in [2.24, 2.45) is 0 Å². The summed E-state index contributed by atoms with van der Waals surface area (Å²) in [4.78, 5) is 13.2. The topological polar surface area (TPSA) is 53.1 Å². The zero-order valence-corrected chi connectivity index (χ0v) is 9.49. The minimum absolute atomic E-state index is 0.0570. The molecule has 0 amide bonds. The van der Waals surface area contributed by atoms with Gasteiger partial charge in [0.1, 0.15) is 5.69 Å². The third kappa shape index (κ3) is 1.61. The van der Waals surface area contributed by atoms with E-state index in [1.165, 1.54) is 12.1 Å². The Balaban J connectivity index is 2.82. The molecule has 0 bridgehead atoms. The van der Waals surface area contributed by atoms with Crippen LogP contribution in [-0.2, 0) is 0 Å². The van der Waals surface area contributed by atoms with Gasteiger partial charge in [-0.1, -0.05) is 11.6 Å². The molecule has 0 aliphatic rings. The number of H-pyrrole nitrogens is 1. The van der Waals surface area contributed by atoms with Crippen LogP contribution < -0.4 is 0 Å². The first-order valence-electron chi connectivity index (χ1n) is 3.90. The van der Waals surface area contributed by atoms with Crippen molar-refractivity contribution in [2.75, 3.05) is 0 Å². The summed E-state index contributed by atoms with van der Waals surface area (Å²) in [6.45, 7) is 0.